The zero-order chi connectivity index (χ0) is 23.0. The molecule has 0 spiro atoms. The van der Waals surface area contributed by atoms with E-state index in [1.165, 1.54) is 13.3 Å². The van der Waals surface area contributed by atoms with Crippen molar-refractivity contribution in [3.8, 4) is 5.88 Å². The summed E-state index contributed by atoms with van der Waals surface area (Å²) in [4.78, 5) is 23.6. The van der Waals surface area contributed by atoms with E-state index in [0.29, 0.717) is 0 Å². The number of ether oxygens (including phenoxy) is 2. The number of nitrogens with zero attached hydrogens (tertiary/aromatic N) is 3. The van der Waals surface area contributed by atoms with Crippen LogP contribution in [0.15, 0.2) is 35.6 Å². The Hall–Kier alpha value is -3.51. The second-order valence-corrected chi connectivity index (χ2v) is 6.67. The topological polar surface area (TPSA) is 112 Å². The fourth-order valence-corrected chi connectivity index (χ4v) is 2.97. The highest BCUT2D eigenvalue weighted by atomic mass is 19.4. The molecule has 3 atom stereocenters. The Bertz CT molecular complexity index is 1010. The number of carbonyl (C=O) groups excluding carboxylic acids is 1. The molecule has 0 bridgehead atoms. The van der Waals surface area contributed by atoms with Gasteiger partial charge in [0.05, 0.1) is 19.5 Å². The maximum Gasteiger partial charge on any atom is 0.428 e. The van der Waals surface area contributed by atoms with E-state index < -0.39 is 47.3 Å². The second kappa shape index (κ2) is 7.96. The van der Waals surface area contributed by atoms with Crippen LogP contribution in [0.2, 0.25) is 0 Å². The predicted octanol–water partition coefficient (Wildman–Crippen LogP) is 2.71. The lowest BCUT2D eigenvalue weighted by Crippen LogP contribution is -2.55. The predicted molar refractivity (Wildman–Crippen MR) is 97.7 cm³/mol. The molecule has 0 aliphatic carbocycles. The lowest BCUT2D eigenvalue weighted by atomic mass is 9.83. The summed E-state index contributed by atoms with van der Waals surface area (Å²) < 4.78 is 78.0. The molecule has 1 amide bonds. The summed E-state index contributed by atoms with van der Waals surface area (Å²) in [6, 6.07) is 2.01. The molecule has 1 aliphatic heterocycles. The van der Waals surface area contributed by atoms with E-state index >= 15 is 0 Å². The number of aromatic nitrogens is 2. The molecule has 0 unspecified atom stereocenters. The SMILES string of the molecule is COc1cnc(C(=O)Nc2ccc(F)c([C@@]3(C)N=C(N)O[C@H](C(F)(F)F)[C@@H]3F)c2)cn1. The van der Waals surface area contributed by atoms with E-state index in [1.54, 1.807) is 0 Å². The number of alkyl halides is 4. The fourth-order valence-electron chi connectivity index (χ4n) is 2.97. The molecule has 0 saturated carbocycles. The number of methoxy groups -OCH3 is 1. The van der Waals surface area contributed by atoms with Gasteiger partial charge in [0.25, 0.3) is 11.9 Å². The van der Waals surface area contributed by atoms with Crippen molar-refractivity contribution < 1.29 is 36.2 Å². The first kappa shape index (κ1) is 22.2. The van der Waals surface area contributed by atoms with Gasteiger partial charge in [-0.15, -0.1) is 0 Å². The molecule has 13 heteroatoms. The van der Waals surface area contributed by atoms with Gasteiger partial charge in [-0.3, -0.25) is 4.79 Å². The van der Waals surface area contributed by atoms with Gasteiger partial charge in [-0.2, -0.15) is 13.2 Å². The number of nitrogens with two attached hydrogens (primary N) is 1. The van der Waals surface area contributed by atoms with Crippen LogP contribution in [0.5, 0.6) is 5.88 Å². The van der Waals surface area contributed by atoms with Crippen LogP contribution in [0, 0.1) is 5.82 Å². The van der Waals surface area contributed by atoms with Crippen LogP contribution in [0.25, 0.3) is 0 Å². The Morgan fingerprint density at radius 2 is 2.00 bits per heavy atom. The van der Waals surface area contributed by atoms with Gasteiger partial charge in [0.2, 0.25) is 12.0 Å². The van der Waals surface area contributed by atoms with E-state index in [-0.39, 0.29) is 17.3 Å². The number of anilines is 1. The molecular formula is C18H16F5N5O3. The minimum absolute atomic E-state index is 0.0451. The van der Waals surface area contributed by atoms with Gasteiger partial charge in [0.15, 0.2) is 6.17 Å². The number of amidine groups is 1. The van der Waals surface area contributed by atoms with E-state index in [0.717, 1.165) is 31.3 Å². The number of carbonyl (C=O) groups is 1. The molecule has 1 aromatic heterocycles. The third kappa shape index (κ3) is 4.34. The van der Waals surface area contributed by atoms with Crippen LogP contribution in [-0.2, 0) is 10.3 Å². The third-order valence-corrected chi connectivity index (χ3v) is 4.56. The monoisotopic (exact) mass is 445 g/mol. The van der Waals surface area contributed by atoms with Crippen molar-refractivity contribution in [2.45, 2.75) is 30.9 Å². The molecular weight excluding hydrogens is 429 g/mol. The van der Waals surface area contributed by atoms with Crippen molar-refractivity contribution >= 4 is 17.6 Å². The van der Waals surface area contributed by atoms with E-state index in [9.17, 15) is 26.7 Å². The molecule has 3 N–H and O–H groups in total. The summed E-state index contributed by atoms with van der Waals surface area (Å²) >= 11 is 0. The van der Waals surface area contributed by atoms with Crippen molar-refractivity contribution in [2.24, 2.45) is 10.7 Å². The third-order valence-electron chi connectivity index (χ3n) is 4.56. The quantitative estimate of drug-likeness (QED) is 0.700. The Kier molecular flexibility index (Phi) is 5.70. The molecule has 2 aromatic rings. The Morgan fingerprint density at radius 3 is 2.58 bits per heavy atom. The summed E-state index contributed by atoms with van der Waals surface area (Å²) in [6.07, 6.45) is -8.56. The molecule has 2 heterocycles. The number of halogens is 5. The summed E-state index contributed by atoms with van der Waals surface area (Å²) in [5.74, 6) is -1.64. The molecule has 1 aliphatic rings. The number of hydrogen-bond donors (Lipinski definition) is 2. The minimum Gasteiger partial charge on any atom is -0.480 e. The lowest BCUT2D eigenvalue weighted by molar-refractivity contribution is -0.227. The van der Waals surface area contributed by atoms with Gasteiger partial charge in [-0.05, 0) is 25.1 Å². The first-order valence-electron chi connectivity index (χ1n) is 8.66. The zero-order valence-corrected chi connectivity index (χ0v) is 16.1. The molecule has 0 fully saturated rings. The highest BCUT2D eigenvalue weighted by Crippen LogP contribution is 2.43. The highest BCUT2D eigenvalue weighted by molar-refractivity contribution is 6.02. The molecule has 0 radical (unpaired) electrons. The summed E-state index contributed by atoms with van der Waals surface area (Å²) in [5, 5.41) is 2.38. The van der Waals surface area contributed by atoms with Gasteiger partial charge in [-0.1, -0.05) is 0 Å². The molecule has 1 aromatic carbocycles. The summed E-state index contributed by atoms with van der Waals surface area (Å²) in [5.41, 5.74) is 2.22. The number of benzene rings is 1. The van der Waals surface area contributed by atoms with Crippen molar-refractivity contribution in [2.75, 3.05) is 12.4 Å². The van der Waals surface area contributed by atoms with Crippen molar-refractivity contribution in [1.82, 2.24) is 9.97 Å². The van der Waals surface area contributed by atoms with Crippen LogP contribution >= 0.6 is 0 Å². The van der Waals surface area contributed by atoms with Gasteiger partial charge >= 0.3 is 6.18 Å². The molecule has 0 saturated heterocycles. The maximum atomic E-state index is 14.9. The first-order chi connectivity index (χ1) is 14.5. The average molecular weight is 445 g/mol. The number of aliphatic imine (C=N–C) groups is 1. The Balaban J connectivity index is 1.94. The van der Waals surface area contributed by atoms with Crippen LogP contribution in [-0.4, -0.2) is 47.5 Å². The maximum absolute atomic E-state index is 14.9. The average Bonchev–Trinajstić information content (AvgIpc) is 2.71. The van der Waals surface area contributed by atoms with E-state index in [1.807, 2.05) is 0 Å². The Labute approximate surface area is 172 Å². The number of hydrogen-bond acceptors (Lipinski definition) is 7. The lowest BCUT2D eigenvalue weighted by Gasteiger charge is -2.39. The minimum atomic E-state index is -5.11. The normalized spacial score (nSPS) is 23.5. The smallest absolute Gasteiger partial charge is 0.428 e. The highest BCUT2D eigenvalue weighted by Gasteiger charge is 2.58. The van der Waals surface area contributed by atoms with Gasteiger partial charge < -0.3 is 20.5 Å². The van der Waals surface area contributed by atoms with E-state index in [2.05, 4.69) is 25.0 Å². The van der Waals surface area contributed by atoms with Crippen LogP contribution in [0.4, 0.5) is 27.6 Å². The van der Waals surface area contributed by atoms with Crippen LogP contribution < -0.4 is 15.8 Å². The Morgan fingerprint density at radius 1 is 1.29 bits per heavy atom. The number of nitrogens with one attached hydrogen (secondary N) is 1. The molecule has 8 nitrogen and oxygen atoms in total. The van der Waals surface area contributed by atoms with Crippen molar-refractivity contribution in [1.29, 1.82) is 0 Å². The van der Waals surface area contributed by atoms with E-state index in [4.69, 9.17) is 10.5 Å². The van der Waals surface area contributed by atoms with Gasteiger partial charge in [-0.25, -0.2) is 23.7 Å². The molecule has 166 valence electrons. The largest absolute Gasteiger partial charge is 0.480 e. The number of rotatable bonds is 4. The number of amides is 1. The van der Waals surface area contributed by atoms with Gasteiger partial charge in [0.1, 0.15) is 17.1 Å². The molecule has 3 rings (SSSR count). The summed E-state index contributed by atoms with van der Waals surface area (Å²) in [7, 11) is 1.36. The van der Waals surface area contributed by atoms with Crippen LogP contribution in [0.3, 0.4) is 0 Å². The fraction of sp³-hybridized carbons (Fsp3) is 0.333. The van der Waals surface area contributed by atoms with Crippen molar-refractivity contribution in [3.63, 3.8) is 0 Å². The molecule has 31 heavy (non-hydrogen) atoms. The zero-order valence-electron chi connectivity index (χ0n) is 16.1. The first-order valence-corrected chi connectivity index (χ1v) is 8.66. The van der Waals surface area contributed by atoms with Crippen molar-refractivity contribution in [3.05, 3.63) is 47.7 Å². The standard InChI is InChI=1S/C18H16F5N5O3/c1-17(13(20)14(18(21,22)23)31-16(24)28-17)9-5-8(3-4-10(9)19)27-15(29)11-6-26-12(30-2)7-25-11/h3-7,13-14H,1-2H3,(H2,24,28)(H,27,29)/t13-,14-,17+/m0/s1. The second-order valence-electron chi connectivity index (χ2n) is 6.67. The summed E-state index contributed by atoms with van der Waals surface area (Å²) in [6.45, 7) is 0.949. The van der Waals surface area contributed by atoms with Crippen LogP contribution in [0.1, 0.15) is 23.0 Å². The van der Waals surface area contributed by atoms with Gasteiger partial charge in [0, 0.05) is 11.3 Å².